The first-order valence-corrected chi connectivity index (χ1v) is 7.00. The van der Waals surface area contributed by atoms with E-state index in [1.54, 1.807) is 7.11 Å². The summed E-state index contributed by atoms with van der Waals surface area (Å²) >= 11 is 0. The van der Waals surface area contributed by atoms with Gasteiger partial charge in [0.25, 0.3) is 0 Å². The van der Waals surface area contributed by atoms with Crippen LogP contribution < -0.4 is 0 Å². The van der Waals surface area contributed by atoms with Crippen molar-refractivity contribution in [3.8, 4) is 0 Å². The molecule has 1 aromatic heterocycles. The number of rotatable bonds is 6. The van der Waals surface area contributed by atoms with E-state index < -0.39 is 0 Å². The van der Waals surface area contributed by atoms with Gasteiger partial charge in [-0.1, -0.05) is 0 Å². The number of H-pyrrole nitrogens is 1. The summed E-state index contributed by atoms with van der Waals surface area (Å²) in [4.78, 5) is 2.39. The Morgan fingerprint density at radius 1 is 1.58 bits per heavy atom. The zero-order valence-electron chi connectivity index (χ0n) is 12.0. The van der Waals surface area contributed by atoms with Crippen LogP contribution in [0.3, 0.4) is 0 Å². The van der Waals surface area contributed by atoms with E-state index in [1.807, 2.05) is 6.92 Å². The summed E-state index contributed by atoms with van der Waals surface area (Å²) in [6.45, 7) is 5.85. The van der Waals surface area contributed by atoms with Gasteiger partial charge in [0.1, 0.15) is 0 Å². The fourth-order valence-electron chi connectivity index (χ4n) is 2.96. The van der Waals surface area contributed by atoms with Gasteiger partial charge in [-0.05, 0) is 38.8 Å². The molecule has 1 aliphatic rings. The molecule has 1 aliphatic heterocycles. The summed E-state index contributed by atoms with van der Waals surface area (Å²) in [7, 11) is 1.72. The lowest BCUT2D eigenvalue weighted by Crippen LogP contribution is -2.45. The van der Waals surface area contributed by atoms with Gasteiger partial charge in [0, 0.05) is 37.9 Å². The first-order valence-electron chi connectivity index (χ1n) is 7.00. The molecule has 1 aromatic rings. The predicted octanol–water partition coefficient (Wildman–Crippen LogP) is 1.33. The molecule has 19 heavy (non-hydrogen) atoms. The normalized spacial score (nSPS) is 24.8. The van der Waals surface area contributed by atoms with Crippen molar-refractivity contribution in [3.05, 3.63) is 17.5 Å². The van der Waals surface area contributed by atoms with Gasteiger partial charge in [-0.25, -0.2) is 0 Å². The number of aromatic amines is 1. The Kier molecular flexibility index (Phi) is 4.96. The first kappa shape index (κ1) is 14.5. The number of aryl methyl sites for hydroxylation is 1. The molecule has 0 radical (unpaired) electrons. The largest absolute Gasteiger partial charge is 0.396 e. The number of aromatic nitrogens is 2. The molecule has 0 spiro atoms. The molecule has 2 rings (SSSR count). The topological polar surface area (TPSA) is 61.4 Å². The Bertz CT molecular complexity index is 394. The fourth-order valence-corrected chi connectivity index (χ4v) is 2.96. The van der Waals surface area contributed by atoms with Gasteiger partial charge in [-0.2, -0.15) is 5.10 Å². The van der Waals surface area contributed by atoms with Crippen LogP contribution >= 0.6 is 0 Å². The van der Waals surface area contributed by atoms with Gasteiger partial charge in [0.05, 0.1) is 12.3 Å². The number of aliphatic hydroxyl groups excluding tert-OH is 1. The van der Waals surface area contributed by atoms with Gasteiger partial charge in [-0.15, -0.1) is 0 Å². The Morgan fingerprint density at radius 2 is 2.42 bits per heavy atom. The van der Waals surface area contributed by atoms with E-state index in [4.69, 9.17) is 4.74 Å². The third-order valence-electron chi connectivity index (χ3n) is 4.06. The number of nitrogens with zero attached hydrogens (tertiary/aromatic N) is 2. The van der Waals surface area contributed by atoms with Crippen molar-refractivity contribution < 1.29 is 9.84 Å². The SMILES string of the molecule is COCC[C@]1(CO)CCCN(Cc2cc(C)[nH]n2)C1. The number of methoxy groups -OCH3 is 1. The minimum absolute atomic E-state index is 0.000385. The number of piperidine rings is 1. The van der Waals surface area contributed by atoms with Crippen molar-refractivity contribution in [1.29, 1.82) is 0 Å². The summed E-state index contributed by atoms with van der Waals surface area (Å²) < 4.78 is 5.18. The Hall–Kier alpha value is -0.910. The van der Waals surface area contributed by atoms with Crippen molar-refractivity contribution in [3.63, 3.8) is 0 Å². The van der Waals surface area contributed by atoms with Gasteiger partial charge in [0.2, 0.25) is 0 Å². The summed E-state index contributed by atoms with van der Waals surface area (Å²) in [5.41, 5.74) is 2.18. The van der Waals surface area contributed by atoms with Crippen LogP contribution in [-0.4, -0.2) is 53.6 Å². The lowest BCUT2D eigenvalue weighted by Gasteiger charge is -2.41. The van der Waals surface area contributed by atoms with Crippen LogP contribution in [0.5, 0.6) is 0 Å². The second-order valence-corrected chi connectivity index (χ2v) is 5.76. The summed E-state index contributed by atoms with van der Waals surface area (Å²) in [5, 5.41) is 17.0. The molecule has 0 bridgehead atoms. The van der Waals surface area contributed by atoms with Crippen molar-refractivity contribution >= 4 is 0 Å². The number of hydrogen-bond acceptors (Lipinski definition) is 4. The zero-order chi connectivity index (χ0) is 13.7. The number of ether oxygens (including phenoxy) is 1. The van der Waals surface area contributed by atoms with E-state index >= 15 is 0 Å². The number of aliphatic hydroxyl groups is 1. The first-order chi connectivity index (χ1) is 9.17. The van der Waals surface area contributed by atoms with Crippen molar-refractivity contribution in [2.45, 2.75) is 32.7 Å². The maximum atomic E-state index is 9.75. The maximum Gasteiger partial charge on any atom is 0.0765 e. The van der Waals surface area contributed by atoms with E-state index in [0.29, 0.717) is 0 Å². The van der Waals surface area contributed by atoms with Crippen LogP contribution in [0, 0.1) is 12.3 Å². The van der Waals surface area contributed by atoms with E-state index in [2.05, 4.69) is 21.2 Å². The van der Waals surface area contributed by atoms with Crippen LogP contribution in [0.15, 0.2) is 6.07 Å². The van der Waals surface area contributed by atoms with Crippen LogP contribution in [-0.2, 0) is 11.3 Å². The predicted molar refractivity (Wildman–Crippen MR) is 73.8 cm³/mol. The van der Waals surface area contributed by atoms with E-state index in [9.17, 15) is 5.11 Å². The molecule has 2 N–H and O–H groups in total. The van der Waals surface area contributed by atoms with E-state index in [0.717, 1.165) is 56.9 Å². The highest BCUT2D eigenvalue weighted by Gasteiger charge is 2.34. The molecular weight excluding hydrogens is 242 g/mol. The highest BCUT2D eigenvalue weighted by Crippen LogP contribution is 2.33. The highest BCUT2D eigenvalue weighted by atomic mass is 16.5. The lowest BCUT2D eigenvalue weighted by atomic mass is 9.78. The second-order valence-electron chi connectivity index (χ2n) is 5.76. The molecule has 1 saturated heterocycles. The van der Waals surface area contributed by atoms with Crippen LogP contribution in [0.4, 0.5) is 0 Å². The average molecular weight is 267 g/mol. The van der Waals surface area contributed by atoms with Crippen molar-refractivity contribution in [2.24, 2.45) is 5.41 Å². The Morgan fingerprint density at radius 3 is 3.05 bits per heavy atom. The summed E-state index contributed by atoms with van der Waals surface area (Å²) in [6, 6.07) is 2.09. The quantitative estimate of drug-likeness (QED) is 0.816. The molecule has 1 atom stereocenters. The molecular formula is C14H25N3O2. The minimum Gasteiger partial charge on any atom is -0.396 e. The summed E-state index contributed by atoms with van der Waals surface area (Å²) in [6.07, 6.45) is 3.15. The molecule has 0 aliphatic carbocycles. The summed E-state index contributed by atoms with van der Waals surface area (Å²) in [5.74, 6) is 0. The van der Waals surface area contributed by atoms with Gasteiger partial charge >= 0.3 is 0 Å². The molecule has 2 heterocycles. The molecule has 0 aromatic carbocycles. The van der Waals surface area contributed by atoms with E-state index in [-0.39, 0.29) is 12.0 Å². The monoisotopic (exact) mass is 267 g/mol. The maximum absolute atomic E-state index is 9.75. The second kappa shape index (κ2) is 6.50. The van der Waals surface area contributed by atoms with E-state index in [1.165, 1.54) is 0 Å². The number of nitrogens with one attached hydrogen (secondary N) is 1. The Balaban J connectivity index is 1.95. The number of likely N-dealkylation sites (tertiary alicyclic amines) is 1. The zero-order valence-corrected chi connectivity index (χ0v) is 12.0. The van der Waals surface area contributed by atoms with Crippen molar-refractivity contribution in [2.75, 3.05) is 33.4 Å². The molecule has 0 amide bonds. The van der Waals surface area contributed by atoms with Crippen LogP contribution in [0.25, 0.3) is 0 Å². The molecule has 5 heteroatoms. The van der Waals surface area contributed by atoms with Crippen LogP contribution in [0.2, 0.25) is 0 Å². The molecule has 1 fully saturated rings. The van der Waals surface area contributed by atoms with Crippen molar-refractivity contribution in [1.82, 2.24) is 15.1 Å². The average Bonchev–Trinajstić information content (AvgIpc) is 2.82. The third-order valence-corrected chi connectivity index (χ3v) is 4.06. The number of hydrogen-bond donors (Lipinski definition) is 2. The fraction of sp³-hybridized carbons (Fsp3) is 0.786. The smallest absolute Gasteiger partial charge is 0.0765 e. The molecule has 0 saturated carbocycles. The van der Waals surface area contributed by atoms with Crippen LogP contribution in [0.1, 0.15) is 30.7 Å². The Labute approximate surface area is 115 Å². The standard InChI is InChI=1S/C14H25N3O2/c1-12-8-13(16-15-12)9-17-6-3-4-14(10-17,11-18)5-7-19-2/h8,18H,3-7,9-11H2,1-2H3,(H,15,16)/t14-/m1/s1. The molecule has 0 unspecified atom stereocenters. The third kappa shape index (κ3) is 3.78. The van der Waals surface area contributed by atoms with Gasteiger partial charge < -0.3 is 9.84 Å². The molecule has 5 nitrogen and oxygen atoms in total. The molecule has 108 valence electrons. The van der Waals surface area contributed by atoms with Gasteiger partial charge in [0.15, 0.2) is 0 Å². The lowest BCUT2D eigenvalue weighted by molar-refractivity contribution is 0.00437. The highest BCUT2D eigenvalue weighted by molar-refractivity contribution is 5.06. The van der Waals surface area contributed by atoms with Gasteiger partial charge in [-0.3, -0.25) is 10.00 Å². The minimum atomic E-state index is -0.000385.